The highest BCUT2D eigenvalue weighted by Crippen LogP contribution is 2.26. The molecule has 0 radical (unpaired) electrons. The molecule has 112 valence electrons. The lowest BCUT2D eigenvalue weighted by molar-refractivity contribution is 0.433. The third-order valence-corrected chi connectivity index (χ3v) is 4.75. The van der Waals surface area contributed by atoms with Gasteiger partial charge in [0.15, 0.2) is 9.84 Å². The second kappa shape index (κ2) is 6.08. The highest BCUT2D eigenvalue weighted by molar-refractivity contribution is 7.91. The summed E-state index contributed by atoms with van der Waals surface area (Å²) >= 11 is 0. The molecule has 0 saturated heterocycles. The van der Waals surface area contributed by atoms with Crippen LogP contribution in [-0.4, -0.2) is 19.9 Å². The van der Waals surface area contributed by atoms with Crippen LogP contribution >= 0.6 is 0 Å². The van der Waals surface area contributed by atoms with Crippen molar-refractivity contribution in [2.45, 2.75) is 52.9 Å². The Balaban J connectivity index is 3.19. The van der Waals surface area contributed by atoms with E-state index in [4.69, 9.17) is 0 Å². The summed E-state index contributed by atoms with van der Waals surface area (Å²) in [6.07, 6.45) is 0.886. The van der Waals surface area contributed by atoms with Crippen LogP contribution in [0.15, 0.2) is 28.1 Å². The molecule has 0 unspecified atom stereocenters. The van der Waals surface area contributed by atoms with E-state index in [0.717, 1.165) is 23.4 Å². The summed E-state index contributed by atoms with van der Waals surface area (Å²) in [6, 6.07) is 5.17. The molecule has 1 aromatic rings. The topological polar surface area (TPSA) is 46.5 Å². The number of rotatable bonds is 4. The maximum absolute atomic E-state index is 11.9. The van der Waals surface area contributed by atoms with Crippen molar-refractivity contribution in [2.75, 3.05) is 5.75 Å². The first-order chi connectivity index (χ1) is 9.05. The van der Waals surface area contributed by atoms with Crippen molar-refractivity contribution in [3.05, 3.63) is 23.8 Å². The molecule has 0 aromatic heterocycles. The molecule has 0 aliphatic heterocycles. The first-order valence-corrected chi connectivity index (χ1v) is 8.58. The molecule has 0 heterocycles. The normalized spacial score (nSPS) is 13.6. The average molecular weight is 295 g/mol. The van der Waals surface area contributed by atoms with E-state index in [1.54, 1.807) is 19.1 Å². The van der Waals surface area contributed by atoms with E-state index in [9.17, 15) is 8.42 Å². The predicted molar refractivity (Wildman–Crippen MR) is 85.7 cm³/mol. The zero-order valence-electron chi connectivity index (χ0n) is 13.3. The first kappa shape index (κ1) is 16.9. The monoisotopic (exact) mass is 295 g/mol. The molecule has 0 spiro atoms. The SMILES string of the molecule is CCS(=O)(=O)c1ccc(C)c(N=C(C)CC(C)(C)C)c1. The molecule has 0 atom stereocenters. The van der Waals surface area contributed by atoms with Gasteiger partial charge in [0.05, 0.1) is 16.3 Å². The van der Waals surface area contributed by atoms with E-state index in [0.29, 0.717) is 4.90 Å². The Kier molecular flexibility index (Phi) is 5.14. The molecular formula is C16H25NO2S. The van der Waals surface area contributed by atoms with Gasteiger partial charge >= 0.3 is 0 Å². The Morgan fingerprint density at radius 2 is 1.85 bits per heavy atom. The second-order valence-corrected chi connectivity index (χ2v) is 8.71. The number of hydrogen-bond acceptors (Lipinski definition) is 3. The molecule has 20 heavy (non-hydrogen) atoms. The smallest absolute Gasteiger partial charge is 0.178 e. The van der Waals surface area contributed by atoms with Gasteiger partial charge in [-0.1, -0.05) is 33.8 Å². The van der Waals surface area contributed by atoms with Crippen LogP contribution < -0.4 is 0 Å². The van der Waals surface area contributed by atoms with Crippen molar-refractivity contribution in [2.24, 2.45) is 10.4 Å². The van der Waals surface area contributed by atoms with Gasteiger partial charge in [-0.05, 0) is 43.4 Å². The van der Waals surface area contributed by atoms with Crippen LogP contribution in [0.2, 0.25) is 0 Å². The van der Waals surface area contributed by atoms with E-state index in [1.165, 1.54) is 0 Å². The van der Waals surface area contributed by atoms with E-state index in [1.807, 2.05) is 19.9 Å². The number of benzene rings is 1. The Morgan fingerprint density at radius 1 is 1.25 bits per heavy atom. The van der Waals surface area contributed by atoms with Gasteiger partial charge in [-0.2, -0.15) is 0 Å². The Morgan fingerprint density at radius 3 is 2.35 bits per heavy atom. The molecule has 0 aliphatic rings. The Bertz CT molecular complexity index is 608. The van der Waals surface area contributed by atoms with Crippen molar-refractivity contribution < 1.29 is 8.42 Å². The summed E-state index contributed by atoms with van der Waals surface area (Å²) < 4.78 is 23.9. The molecule has 1 aromatic carbocycles. The van der Waals surface area contributed by atoms with Crippen LogP contribution in [0.1, 0.15) is 46.6 Å². The summed E-state index contributed by atoms with van der Waals surface area (Å²) in [4.78, 5) is 4.96. The average Bonchev–Trinajstić information content (AvgIpc) is 2.29. The van der Waals surface area contributed by atoms with Crippen molar-refractivity contribution in [1.82, 2.24) is 0 Å². The fraction of sp³-hybridized carbons (Fsp3) is 0.562. The van der Waals surface area contributed by atoms with Gasteiger partial charge in [0, 0.05) is 5.71 Å². The fourth-order valence-electron chi connectivity index (χ4n) is 2.08. The predicted octanol–water partition coefficient (Wildman–Crippen LogP) is 4.32. The van der Waals surface area contributed by atoms with Gasteiger partial charge in [-0.3, -0.25) is 4.99 Å². The molecule has 1 rings (SSSR count). The Labute approximate surface area is 123 Å². The molecule has 3 nitrogen and oxygen atoms in total. The minimum Gasteiger partial charge on any atom is -0.258 e. The van der Waals surface area contributed by atoms with E-state index < -0.39 is 9.84 Å². The summed E-state index contributed by atoms with van der Waals surface area (Å²) in [7, 11) is -3.18. The molecule has 4 heteroatoms. The number of sulfone groups is 1. The number of aliphatic imine (C=N–C) groups is 1. The number of hydrogen-bond donors (Lipinski definition) is 0. The third-order valence-electron chi connectivity index (χ3n) is 3.02. The summed E-state index contributed by atoms with van der Waals surface area (Å²) in [5, 5.41) is 0. The van der Waals surface area contributed by atoms with Crippen molar-refractivity contribution in [3.8, 4) is 0 Å². The molecule has 0 amide bonds. The van der Waals surface area contributed by atoms with Crippen LogP contribution in [0.25, 0.3) is 0 Å². The molecule has 0 saturated carbocycles. The van der Waals surface area contributed by atoms with Gasteiger partial charge in [0.1, 0.15) is 0 Å². The largest absolute Gasteiger partial charge is 0.258 e. The molecule has 0 bridgehead atoms. The van der Waals surface area contributed by atoms with Crippen LogP contribution in [0.5, 0.6) is 0 Å². The van der Waals surface area contributed by atoms with Crippen LogP contribution in [0, 0.1) is 12.3 Å². The van der Waals surface area contributed by atoms with Gasteiger partial charge in [0.25, 0.3) is 0 Å². The number of nitrogens with zero attached hydrogens (tertiary/aromatic N) is 1. The van der Waals surface area contributed by atoms with Gasteiger partial charge in [0.2, 0.25) is 0 Å². The number of aryl methyl sites for hydroxylation is 1. The highest BCUT2D eigenvalue weighted by atomic mass is 32.2. The van der Waals surface area contributed by atoms with Gasteiger partial charge in [-0.25, -0.2) is 8.42 Å². The molecular weight excluding hydrogens is 270 g/mol. The Hall–Kier alpha value is -1.16. The van der Waals surface area contributed by atoms with Crippen LogP contribution in [0.3, 0.4) is 0 Å². The first-order valence-electron chi connectivity index (χ1n) is 6.93. The zero-order valence-corrected chi connectivity index (χ0v) is 14.1. The van der Waals surface area contributed by atoms with Crippen molar-refractivity contribution >= 4 is 21.2 Å². The van der Waals surface area contributed by atoms with E-state index >= 15 is 0 Å². The quantitative estimate of drug-likeness (QED) is 0.777. The second-order valence-electron chi connectivity index (χ2n) is 6.44. The maximum atomic E-state index is 11.9. The van der Waals surface area contributed by atoms with Crippen molar-refractivity contribution in [1.29, 1.82) is 0 Å². The van der Waals surface area contributed by atoms with E-state index in [-0.39, 0.29) is 11.2 Å². The lowest BCUT2D eigenvalue weighted by Gasteiger charge is -2.17. The minimum atomic E-state index is -3.18. The third kappa shape index (κ3) is 4.75. The summed E-state index contributed by atoms with van der Waals surface area (Å²) in [5.41, 5.74) is 2.94. The fourth-order valence-corrected chi connectivity index (χ4v) is 2.98. The lowest BCUT2D eigenvalue weighted by Crippen LogP contribution is -2.10. The molecule has 0 N–H and O–H groups in total. The van der Waals surface area contributed by atoms with Gasteiger partial charge < -0.3 is 0 Å². The molecule has 0 aliphatic carbocycles. The van der Waals surface area contributed by atoms with Crippen LogP contribution in [0.4, 0.5) is 5.69 Å². The van der Waals surface area contributed by atoms with Crippen molar-refractivity contribution in [3.63, 3.8) is 0 Å². The van der Waals surface area contributed by atoms with Gasteiger partial charge in [-0.15, -0.1) is 0 Å². The molecule has 0 fully saturated rings. The highest BCUT2D eigenvalue weighted by Gasteiger charge is 2.14. The minimum absolute atomic E-state index is 0.111. The van der Waals surface area contributed by atoms with E-state index in [2.05, 4.69) is 25.8 Å². The standard InChI is InChI=1S/C16H25NO2S/c1-7-20(18,19)14-9-8-12(2)15(10-14)17-13(3)11-16(4,5)6/h8-10H,7,11H2,1-6H3. The summed E-state index contributed by atoms with van der Waals surface area (Å²) in [5.74, 6) is 0.111. The zero-order chi connectivity index (χ0) is 15.6. The lowest BCUT2D eigenvalue weighted by atomic mass is 9.90. The maximum Gasteiger partial charge on any atom is 0.178 e. The summed E-state index contributed by atoms with van der Waals surface area (Å²) in [6.45, 7) is 12.1. The van der Waals surface area contributed by atoms with Crippen LogP contribution in [-0.2, 0) is 9.84 Å².